The minimum Gasteiger partial charge on any atom is -0.496 e. The van der Waals surface area contributed by atoms with Gasteiger partial charge in [-0.1, -0.05) is 0 Å². The number of quaternary nitrogens is 1. The molecule has 0 bridgehead atoms. The Labute approximate surface area is 104 Å². The third kappa shape index (κ3) is 2.97. The zero-order valence-electron chi connectivity index (χ0n) is 9.46. The predicted molar refractivity (Wildman–Crippen MR) is 65.9 cm³/mol. The summed E-state index contributed by atoms with van der Waals surface area (Å²) in [5, 5.41) is 0. The molecule has 0 atom stereocenters. The summed E-state index contributed by atoms with van der Waals surface area (Å²) in [6, 6.07) is 6.28. The van der Waals surface area contributed by atoms with E-state index in [0.717, 1.165) is 43.1 Å². The van der Waals surface area contributed by atoms with Crippen LogP contribution in [-0.4, -0.2) is 33.4 Å². The summed E-state index contributed by atoms with van der Waals surface area (Å²) in [4.78, 5) is 1.59. The van der Waals surface area contributed by atoms with E-state index in [1.54, 1.807) is 12.0 Å². The maximum atomic E-state index is 5.35. The summed E-state index contributed by atoms with van der Waals surface area (Å²) in [6.45, 7) is 5.03. The highest BCUT2D eigenvalue weighted by Gasteiger charge is 2.14. The van der Waals surface area contributed by atoms with E-state index in [0.29, 0.717) is 0 Å². The van der Waals surface area contributed by atoms with Crippen LogP contribution in [0.3, 0.4) is 0 Å². The van der Waals surface area contributed by atoms with Crippen molar-refractivity contribution in [2.75, 3.05) is 33.4 Å². The topological polar surface area (TPSA) is 22.9 Å². The number of hydrogen-bond donors (Lipinski definition) is 1. The first-order valence-corrected chi connectivity index (χ1v) is 6.32. The molecule has 1 heterocycles. The highest BCUT2D eigenvalue weighted by molar-refractivity contribution is 9.10. The number of morpholine rings is 1. The molecule has 1 fully saturated rings. The lowest BCUT2D eigenvalue weighted by molar-refractivity contribution is -0.921. The SMILES string of the molecule is COc1ccc(C[NH+]2CCOCC2)cc1Br. The van der Waals surface area contributed by atoms with Crippen LogP contribution in [-0.2, 0) is 11.3 Å². The molecule has 0 amide bonds. The van der Waals surface area contributed by atoms with Gasteiger partial charge in [0.15, 0.2) is 0 Å². The number of halogens is 1. The zero-order chi connectivity index (χ0) is 11.4. The molecule has 1 aliphatic heterocycles. The van der Waals surface area contributed by atoms with Crippen LogP contribution in [0.4, 0.5) is 0 Å². The highest BCUT2D eigenvalue weighted by Crippen LogP contribution is 2.25. The Morgan fingerprint density at radius 3 is 2.75 bits per heavy atom. The molecule has 0 saturated carbocycles. The molecule has 1 saturated heterocycles. The van der Waals surface area contributed by atoms with Crippen molar-refractivity contribution < 1.29 is 14.4 Å². The minimum absolute atomic E-state index is 0.882. The standard InChI is InChI=1S/C12H16BrNO2/c1-15-12-3-2-10(8-11(12)13)9-14-4-6-16-7-5-14/h2-3,8H,4-7,9H2,1H3/p+1. The molecule has 1 aromatic rings. The zero-order valence-corrected chi connectivity index (χ0v) is 11.0. The summed E-state index contributed by atoms with van der Waals surface area (Å²) in [7, 11) is 1.69. The monoisotopic (exact) mass is 286 g/mol. The summed E-state index contributed by atoms with van der Waals surface area (Å²) >= 11 is 3.51. The molecule has 0 radical (unpaired) electrons. The van der Waals surface area contributed by atoms with Crippen molar-refractivity contribution in [1.82, 2.24) is 0 Å². The quantitative estimate of drug-likeness (QED) is 0.891. The summed E-state index contributed by atoms with van der Waals surface area (Å²) in [6.07, 6.45) is 0. The van der Waals surface area contributed by atoms with Crippen molar-refractivity contribution in [1.29, 1.82) is 0 Å². The lowest BCUT2D eigenvalue weighted by Gasteiger charge is -2.23. The molecule has 0 unspecified atom stereocenters. The third-order valence-corrected chi connectivity index (χ3v) is 3.49. The molecular formula is C12H17BrNO2+. The number of nitrogens with one attached hydrogen (secondary N) is 1. The number of methoxy groups -OCH3 is 1. The molecule has 0 aromatic heterocycles. The van der Waals surface area contributed by atoms with Crippen molar-refractivity contribution in [2.24, 2.45) is 0 Å². The van der Waals surface area contributed by atoms with Crippen molar-refractivity contribution in [3.8, 4) is 5.75 Å². The molecule has 88 valence electrons. The fourth-order valence-corrected chi connectivity index (χ4v) is 2.53. The van der Waals surface area contributed by atoms with Crippen LogP contribution in [0, 0.1) is 0 Å². The smallest absolute Gasteiger partial charge is 0.133 e. The molecule has 0 aliphatic carbocycles. The summed E-state index contributed by atoms with van der Waals surface area (Å²) in [5.74, 6) is 0.890. The van der Waals surface area contributed by atoms with E-state index < -0.39 is 0 Å². The van der Waals surface area contributed by atoms with E-state index in [-0.39, 0.29) is 0 Å². The van der Waals surface area contributed by atoms with Gasteiger partial charge in [-0.15, -0.1) is 0 Å². The summed E-state index contributed by atoms with van der Waals surface area (Å²) in [5.41, 5.74) is 1.34. The second-order valence-corrected chi connectivity index (χ2v) is 4.86. The average Bonchev–Trinajstić information content (AvgIpc) is 2.31. The first kappa shape index (κ1) is 11.9. The summed E-state index contributed by atoms with van der Waals surface area (Å²) < 4.78 is 11.6. The van der Waals surface area contributed by atoms with Gasteiger partial charge in [-0.2, -0.15) is 0 Å². The minimum atomic E-state index is 0.882. The highest BCUT2D eigenvalue weighted by atomic mass is 79.9. The number of rotatable bonds is 3. The van der Waals surface area contributed by atoms with Gasteiger partial charge >= 0.3 is 0 Å². The number of hydrogen-bond acceptors (Lipinski definition) is 2. The molecule has 16 heavy (non-hydrogen) atoms. The Bertz CT molecular complexity index is 351. The maximum absolute atomic E-state index is 5.35. The lowest BCUT2D eigenvalue weighted by Crippen LogP contribution is -3.12. The Balaban J connectivity index is 2.01. The number of ether oxygens (including phenoxy) is 2. The normalized spacial score (nSPS) is 17.4. The Morgan fingerprint density at radius 1 is 1.38 bits per heavy atom. The van der Waals surface area contributed by atoms with E-state index in [4.69, 9.17) is 9.47 Å². The van der Waals surface area contributed by atoms with Crippen molar-refractivity contribution >= 4 is 15.9 Å². The molecule has 3 nitrogen and oxygen atoms in total. The second kappa shape index (κ2) is 5.66. The van der Waals surface area contributed by atoms with Crippen molar-refractivity contribution in [2.45, 2.75) is 6.54 Å². The maximum Gasteiger partial charge on any atom is 0.133 e. The van der Waals surface area contributed by atoms with Gasteiger partial charge in [0.25, 0.3) is 0 Å². The first-order chi connectivity index (χ1) is 7.79. The van der Waals surface area contributed by atoms with Gasteiger partial charge in [0.1, 0.15) is 25.4 Å². The van der Waals surface area contributed by atoms with Crippen LogP contribution in [0.2, 0.25) is 0 Å². The van der Waals surface area contributed by atoms with Gasteiger partial charge in [-0.05, 0) is 34.1 Å². The Hall–Kier alpha value is -0.580. The molecule has 1 aliphatic rings. The third-order valence-electron chi connectivity index (χ3n) is 2.87. The van der Waals surface area contributed by atoms with Crippen LogP contribution in [0.25, 0.3) is 0 Å². The van der Waals surface area contributed by atoms with Gasteiger partial charge in [0.2, 0.25) is 0 Å². The largest absolute Gasteiger partial charge is 0.496 e. The van der Waals surface area contributed by atoms with Gasteiger partial charge in [0, 0.05) is 5.56 Å². The fourth-order valence-electron chi connectivity index (χ4n) is 1.95. The van der Waals surface area contributed by atoms with Crippen LogP contribution < -0.4 is 9.64 Å². The molecule has 2 rings (SSSR count). The lowest BCUT2D eigenvalue weighted by atomic mass is 10.2. The number of benzene rings is 1. The molecule has 1 N–H and O–H groups in total. The van der Waals surface area contributed by atoms with Gasteiger partial charge in [-0.25, -0.2) is 0 Å². The van der Waals surface area contributed by atoms with Gasteiger partial charge in [-0.3, -0.25) is 0 Å². The predicted octanol–water partition coefficient (Wildman–Crippen LogP) is 0.873. The van der Waals surface area contributed by atoms with Gasteiger partial charge in [0.05, 0.1) is 24.8 Å². The van der Waals surface area contributed by atoms with Crippen LogP contribution in [0.1, 0.15) is 5.56 Å². The molecule has 1 aromatic carbocycles. The van der Waals surface area contributed by atoms with E-state index in [1.165, 1.54) is 5.56 Å². The van der Waals surface area contributed by atoms with E-state index in [9.17, 15) is 0 Å². The van der Waals surface area contributed by atoms with Gasteiger partial charge < -0.3 is 14.4 Å². The molecule has 4 heteroatoms. The fraction of sp³-hybridized carbons (Fsp3) is 0.500. The first-order valence-electron chi connectivity index (χ1n) is 5.53. The van der Waals surface area contributed by atoms with E-state index >= 15 is 0 Å². The average molecular weight is 287 g/mol. The van der Waals surface area contributed by atoms with Crippen molar-refractivity contribution in [3.05, 3.63) is 28.2 Å². The molecular weight excluding hydrogens is 270 g/mol. The van der Waals surface area contributed by atoms with Crippen LogP contribution in [0.15, 0.2) is 22.7 Å². The van der Waals surface area contributed by atoms with Crippen molar-refractivity contribution in [3.63, 3.8) is 0 Å². The van der Waals surface area contributed by atoms with Crippen LogP contribution in [0.5, 0.6) is 5.75 Å². The Kier molecular flexibility index (Phi) is 4.21. The van der Waals surface area contributed by atoms with Crippen LogP contribution >= 0.6 is 15.9 Å². The van der Waals surface area contributed by atoms with E-state index in [1.807, 2.05) is 6.07 Å². The molecule has 0 spiro atoms. The Morgan fingerprint density at radius 2 is 2.12 bits per heavy atom. The second-order valence-electron chi connectivity index (χ2n) is 4.01. The van der Waals surface area contributed by atoms with E-state index in [2.05, 4.69) is 28.1 Å².